The van der Waals surface area contributed by atoms with E-state index in [0.717, 1.165) is 11.1 Å². The number of nitrogens with one attached hydrogen (secondary N) is 1. The van der Waals surface area contributed by atoms with Crippen LogP contribution in [-0.2, 0) is 6.42 Å². The predicted molar refractivity (Wildman–Crippen MR) is 75.3 cm³/mol. The molecule has 1 amide bonds. The number of hydrogen-bond donors (Lipinski definition) is 2. The molecule has 0 bridgehead atoms. The number of hydrogen-bond acceptors (Lipinski definition) is 2. The molecule has 0 fully saturated rings. The number of carbonyl (C=O) groups excluding carboxylic acids is 1. The fraction of sp³-hybridized carbons (Fsp3) is 0.188. The molecule has 0 aliphatic heterocycles. The SMILES string of the molecule is Cc1cc(O)ccc1C(=O)NCCc1ccc(F)cc1. The monoisotopic (exact) mass is 273 g/mol. The fourth-order valence-electron chi connectivity index (χ4n) is 1.97. The zero-order chi connectivity index (χ0) is 14.5. The summed E-state index contributed by atoms with van der Waals surface area (Å²) in [5.74, 6) is -0.299. The van der Waals surface area contributed by atoms with E-state index in [0.29, 0.717) is 18.5 Å². The molecule has 3 nitrogen and oxygen atoms in total. The molecule has 20 heavy (non-hydrogen) atoms. The van der Waals surface area contributed by atoms with E-state index in [4.69, 9.17) is 0 Å². The van der Waals surface area contributed by atoms with Crippen LogP contribution in [0.5, 0.6) is 5.75 Å². The molecule has 4 heteroatoms. The number of benzene rings is 2. The van der Waals surface area contributed by atoms with E-state index in [9.17, 15) is 14.3 Å². The van der Waals surface area contributed by atoms with E-state index in [2.05, 4.69) is 5.32 Å². The summed E-state index contributed by atoms with van der Waals surface area (Å²) in [6.45, 7) is 2.25. The van der Waals surface area contributed by atoms with E-state index in [1.807, 2.05) is 0 Å². The molecule has 0 aromatic heterocycles. The Hall–Kier alpha value is -2.36. The van der Waals surface area contributed by atoms with Crippen LogP contribution >= 0.6 is 0 Å². The van der Waals surface area contributed by atoms with E-state index < -0.39 is 0 Å². The molecule has 0 saturated heterocycles. The first-order valence-electron chi connectivity index (χ1n) is 6.38. The number of aryl methyl sites for hydroxylation is 1. The van der Waals surface area contributed by atoms with Crippen molar-refractivity contribution in [1.29, 1.82) is 0 Å². The lowest BCUT2D eigenvalue weighted by atomic mass is 10.1. The fourth-order valence-corrected chi connectivity index (χ4v) is 1.97. The first kappa shape index (κ1) is 14.1. The number of aromatic hydroxyl groups is 1. The average Bonchev–Trinajstić information content (AvgIpc) is 2.41. The summed E-state index contributed by atoms with van der Waals surface area (Å²) in [5.41, 5.74) is 2.24. The molecule has 0 atom stereocenters. The second-order valence-electron chi connectivity index (χ2n) is 4.63. The number of phenols is 1. The van der Waals surface area contributed by atoms with Gasteiger partial charge in [-0.05, 0) is 54.8 Å². The molecule has 104 valence electrons. The number of halogens is 1. The van der Waals surface area contributed by atoms with Crippen LogP contribution < -0.4 is 5.32 Å². The Balaban J connectivity index is 1.90. The number of carbonyl (C=O) groups is 1. The highest BCUT2D eigenvalue weighted by Crippen LogP contribution is 2.15. The van der Waals surface area contributed by atoms with Crippen LogP contribution in [0, 0.1) is 12.7 Å². The topological polar surface area (TPSA) is 49.3 Å². The van der Waals surface area contributed by atoms with Crippen LogP contribution in [-0.4, -0.2) is 17.6 Å². The van der Waals surface area contributed by atoms with Gasteiger partial charge in [0.1, 0.15) is 11.6 Å². The average molecular weight is 273 g/mol. The summed E-state index contributed by atoms with van der Waals surface area (Å²) >= 11 is 0. The maximum Gasteiger partial charge on any atom is 0.251 e. The van der Waals surface area contributed by atoms with E-state index in [1.54, 1.807) is 31.2 Å². The molecule has 2 N–H and O–H groups in total. The van der Waals surface area contributed by atoms with Crippen molar-refractivity contribution in [2.45, 2.75) is 13.3 Å². The van der Waals surface area contributed by atoms with Gasteiger partial charge >= 0.3 is 0 Å². The molecule has 0 aliphatic carbocycles. The van der Waals surface area contributed by atoms with Crippen LogP contribution in [0.15, 0.2) is 42.5 Å². The molecule has 0 spiro atoms. The Bertz CT molecular complexity index is 608. The first-order chi connectivity index (χ1) is 9.56. The summed E-state index contributed by atoms with van der Waals surface area (Å²) in [5, 5.41) is 12.1. The van der Waals surface area contributed by atoms with Crippen LogP contribution in [0.4, 0.5) is 4.39 Å². The van der Waals surface area contributed by atoms with E-state index >= 15 is 0 Å². The quantitative estimate of drug-likeness (QED) is 0.900. The van der Waals surface area contributed by atoms with Crippen molar-refractivity contribution >= 4 is 5.91 Å². The molecule has 0 aliphatic rings. The van der Waals surface area contributed by atoms with Gasteiger partial charge in [-0.2, -0.15) is 0 Å². The van der Waals surface area contributed by atoms with Gasteiger partial charge in [0.25, 0.3) is 5.91 Å². The minimum Gasteiger partial charge on any atom is -0.508 e. The highest BCUT2D eigenvalue weighted by Gasteiger charge is 2.08. The lowest BCUT2D eigenvalue weighted by Crippen LogP contribution is -2.26. The third kappa shape index (κ3) is 3.57. The molecule has 2 aromatic rings. The minimum absolute atomic E-state index is 0.144. The highest BCUT2D eigenvalue weighted by atomic mass is 19.1. The van der Waals surface area contributed by atoms with Crippen LogP contribution in [0.2, 0.25) is 0 Å². The van der Waals surface area contributed by atoms with E-state index in [1.165, 1.54) is 18.2 Å². The van der Waals surface area contributed by atoms with Gasteiger partial charge < -0.3 is 10.4 Å². The normalized spacial score (nSPS) is 10.3. The largest absolute Gasteiger partial charge is 0.508 e. The third-order valence-corrected chi connectivity index (χ3v) is 3.07. The van der Waals surface area contributed by atoms with Crippen molar-refractivity contribution in [3.8, 4) is 5.75 Å². The van der Waals surface area contributed by atoms with Gasteiger partial charge in [0.05, 0.1) is 0 Å². The number of amides is 1. The van der Waals surface area contributed by atoms with Gasteiger partial charge in [0.2, 0.25) is 0 Å². The number of phenolic OH excluding ortho intramolecular Hbond substituents is 1. The van der Waals surface area contributed by atoms with Crippen LogP contribution in [0.25, 0.3) is 0 Å². The molecular formula is C16H16FNO2. The Morgan fingerprint density at radius 3 is 2.55 bits per heavy atom. The molecule has 0 heterocycles. The standard InChI is InChI=1S/C16H16FNO2/c1-11-10-14(19)6-7-15(11)16(20)18-9-8-12-2-4-13(17)5-3-12/h2-7,10,19H,8-9H2,1H3,(H,18,20). The predicted octanol–water partition coefficient (Wildman–Crippen LogP) is 2.81. The maximum atomic E-state index is 12.7. The van der Waals surface area contributed by atoms with Crippen molar-refractivity contribution < 1.29 is 14.3 Å². The maximum absolute atomic E-state index is 12.7. The van der Waals surface area contributed by atoms with Crippen molar-refractivity contribution in [1.82, 2.24) is 5.32 Å². The second-order valence-corrected chi connectivity index (χ2v) is 4.63. The summed E-state index contributed by atoms with van der Waals surface area (Å²) in [6, 6.07) is 10.8. The van der Waals surface area contributed by atoms with E-state index in [-0.39, 0.29) is 17.5 Å². The van der Waals surface area contributed by atoms with Gasteiger partial charge in [0.15, 0.2) is 0 Å². The molecule has 0 saturated carbocycles. The van der Waals surface area contributed by atoms with Gasteiger partial charge in [-0.1, -0.05) is 12.1 Å². The second kappa shape index (κ2) is 6.19. The van der Waals surface area contributed by atoms with Crippen LogP contribution in [0.1, 0.15) is 21.5 Å². The van der Waals surface area contributed by atoms with Crippen molar-refractivity contribution in [3.63, 3.8) is 0 Å². The Morgan fingerprint density at radius 2 is 1.90 bits per heavy atom. The minimum atomic E-state index is -0.266. The Morgan fingerprint density at radius 1 is 1.20 bits per heavy atom. The molecule has 2 aromatic carbocycles. The van der Waals surface area contributed by atoms with Crippen molar-refractivity contribution in [2.24, 2.45) is 0 Å². The van der Waals surface area contributed by atoms with Crippen molar-refractivity contribution in [2.75, 3.05) is 6.54 Å². The highest BCUT2D eigenvalue weighted by molar-refractivity contribution is 5.95. The van der Waals surface area contributed by atoms with Crippen molar-refractivity contribution in [3.05, 3.63) is 65.0 Å². The Kier molecular flexibility index (Phi) is 4.35. The van der Waals surface area contributed by atoms with Gasteiger partial charge in [-0.25, -0.2) is 4.39 Å². The summed E-state index contributed by atoms with van der Waals surface area (Å²) in [6.07, 6.45) is 0.642. The molecule has 2 rings (SSSR count). The Labute approximate surface area is 117 Å². The van der Waals surface area contributed by atoms with Crippen LogP contribution in [0.3, 0.4) is 0 Å². The lowest BCUT2D eigenvalue weighted by molar-refractivity contribution is 0.0953. The van der Waals surface area contributed by atoms with Gasteiger partial charge in [-0.3, -0.25) is 4.79 Å². The number of rotatable bonds is 4. The first-order valence-corrected chi connectivity index (χ1v) is 6.38. The zero-order valence-corrected chi connectivity index (χ0v) is 11.2. The summed E-state index contributed by atoms with van der Waals surface area (Å²) in [4.78, 5) is 12.0. The third-order valence-electron chi connectivity index (χ3n) is 3.07. The summed E-state index contributed by atoms with van der Waals surface area (Å²) in [7, 11) is 0. The van der Waals surface area contributed by atoms with Gasteiger partial charge in [0, 0.05) is 12.1 Å². The molecule has 0 radical (unpaired) electrons. The zero-order valence-electron chi connectivity index (χ0n) is 11.2. The molecule has 0 unspecified atom stereocenters. The lowest BCUT2D eigenvalue weighted by Gasteiger charge is -2.08. The summed E-state index contributed by atoms with van der Waals surface area (Å²) < 4.78 is 12.7. The van der Waals surface area contributed by atoms with Gasteiger partial charge in [-0.15, -0.1) is 0 Å². The molecular weight excluding hydrogens is 257 g/mol. The smallest absolute Gasteiger partial charge is 0.251 e.